The first-order chi connectivity index (χ1) is 14.1. The van der Waals surface area contributed by atoms with Crippen LogP contribution in [0.15, 0.2) is 107 Å². The minimum Gasteiger partial charge on any atom is -0.457 e. The monoisotopic (exact) mass is 510 g/mol. The summed E-state index contributed by atoms with van der Waals surface area (Å²) in [6, 6.07) is 32.4. The summed E-state index contributed by atoms with van der Waals surface area (Å²) < 4.78 is 13.0. The zero-order chi connectivity index (χ0) is 20.1. The Balaban J connectivity index is 1.37. The fourth-order valence-corrected chi connectivity index (χ4v) is 4.10. The van der Waals surface area contributed by atoms with Crippen LogP contribution >= 0.6 is 34.4 Å². The number of halogens is 1. The zero-order valence-electron chi connectivity index (χ0n) is 15.8. The lowest BCUT2D eigenvalue weighted by molar-refractivity contribution is 0.481. The van der Waals surface area contributed by atoms with E-state index in [9.17, 15) is 0 Å². The molecule has 0 atom stereocenters. The van der Waals surface area contributed by atoms with E-state index in [1.54, 1.807) is 11.8 Å². The molecule has 0 saturated carbocycles. The SMILES string of the molecule is Cc1cccc(Oc2ccc(Sc3ccc(Oc4cccc(I)c4)cc3)cc2)c1. The number of hydrogen-bond donors (Lipinski definition) is 0. The second-order valence-electron chi connectivity index (χ2n) is 6.52. The molecule has 4 heteroatoms. The van der Waals surface area contributed by atoms with E-state index >= 15 is 0 Å². The predicted octanol–water partition coefficient (Wildman–Crippen LogP) is 8.34. The summed E-state index contributed by atoms with van der Waals surface area (Å²) in [5, 5.41) is 0. The van der Waals surface area contributed by atoms with Gasteiger partial charge in [-0.3, -0.25) is 0 Å². The Morgan fingerprint density at radius 2 is 1.10 bits per heavy atom. The highest BCUT2D eigenvalue weighted by atomic mass is 127. The van der Waals surface area contributed by atoms with Gasteiger partial charge in [0.15, 0.2) is 0 Å². The maximum absolute atomic E-state index is 5.92. The lowest BCUT2D eigenvalue weighted by Crippen LogP contribution is -1.85. The van der Waals surface area contributed by atoms with Crippen LogP contribution in [0.3, 0.4) is 0 Å². The fourth-order valence-electron chi connectivity index (χ4n) is 2.77. The van der Waals surface area contributed by atoms with Crippen LogP contribution in [0.5, 0.6) is 23.0 Å². The van der Waals surface area contributed by atoms with Gasteiger partial charge in [-0.05, 0) is 114 Å². The summed E-state index contributed by atoms with van der Waals surface area (Å²) in [6.07, 6.45) is 0. The van der Waals surface area contributed by atoms with Crippen LogP contribution in [0.2, 0.25) is 0 Å². The molecule has 0 aliphatic heterocycles. The van der Waals surface area contributed by atoms with Crippen LogP contribution in [0, 0.1) is 10.5 Å². The van der Waals surface area contributed by atoms with Gasteiger partial charge in [-0.1, -0.05) is 30.0 Å². The topological polar surface area (TPSA) is 18.5 Å². The lowest BCUT2D eigenvalue weighted by atomic mass is 10.2. The van der Waals surface area contributed by atoms with Crippen LogP contribution in [-0.4, -0.2) is 0 Å². The van der Waals surface area contributed by atoms with Crippen molar-refractivity contribution in [3.05, 3.63) is 106 Å². The summed E-state index contributed by atoms with van der Waals surface area (Å²) in [5.74, 6) is 3.37. The lowest BCUT2D eigenvalue weighted by Gasteiger charge is -2.09. The highest BCUT2D eigenvalue weighted by Gasteiger charge is 2.03. The fraction of sp³-hybridized carbons (Fsp3) is 0.0400. The molecule has 29 heavy (non-hydrogen) atoms. The van der Waals surface area contributed by atoms with Gasteiger partial charge in [0.05, 0.1) is 0 Å². The summed E-state index contributed by atoms with van der Waals surface area (Å²) >= 11 is 3.99. The normalized spacial score (nSPS) is 10.6. The summed E-state index contributed by atoms with van der Waals surface area (Å²) in [4.78, 5) is 2.32. The molecule has 0 spiro atoms. The smallest absolute Gasteiger partial charge is 0.128 e. The van der Waals surface area contributed by atoms with E-state index in [0.717, 1.165) is 36.4 Å². The van der Waals surface area contributed by atoms with Gasteiger partial charge in [-0.25, -0.2) is 0 Å². The van der Waals surface area contributed by atoms with E-state index in [0.29, 0.717) is 0 Å². The maximum Gasteiger partial charge on any atom is 0.128 e. The van der Waals surface area contributed by atoms with Gasteiger partial charge in [0.25, 0.3) is 0 Å². The molecule has 4 aromatic carbocycles. The molecule has 0 heterocycles. The van der Waals surface area contributed by atoms with Crippen LogP contribution < -0.4 is 9.47 Å². The van der Waals surface area contributed by atoms with Crippen molar-refractivity contribution in [2.45, 2.75) is 16.7 Å². The first kappa shape index (κ1) is 19.9. The number of hydrogen-bond acceptors (Lipinski definition) is 3. The van der Waals surface area contributed by atoms with Crippen LogP contribution in [-0.2, 0) is 0 Å². The number of rotatable bonds is 6. The summed E-state index contributed by atoms with van der Waals surface area (Å²) in [7, 11) is 0. The third-order valence-corrected chi connectivity index (χ3v) is 5.83. The van der Waals surface area contributed by atoms with Crippen LogP contribution in [0.4, 0.5) is 0 Å². The zero-order valence-corrected chi connectivity index (χ0v) is 18.8. The Morgan fingerprint density at radius 1 is 0.586 bits per heavy atom. The van der Waals surface area contributed by atoms with Gasteiger partial charge in [-0.2, -0.15) is 0 Å². The van der Waals surface area contributed by atoms with Gasteiger partial charge in [-0.15, -0.1) is 0 Å². The minimum absolute atomic E-state index is 0.832. The van der Waals surface area contributed by atoms with Crippen molar-refractivity contribution in [3.8, 4) is 23.0 Å². The minimum atomic E-state index is 0.832. The van der Waals surface area contributed by atoms with Crippen molar-refractivity contribution in [2.75, 3.05) is 0 Å². The highest BCUT2D eigenvalue weighted by molar-refractivity contribution is 14.1. The first-order valence-corrected chi connectivity index (χ1v) is 11.1. The third kappa shape index (κ3) is 5.78. The van der Waals surface area contributed by atoms with E-state index in [2.05, 4.69) is 59.8 Å². The molecular weight excluding hydrogens is 491 g/mol. The molecule has 4 aromatic rings. The van der Waals surface area contributed by atoms with Gasteiger partial charge < -0.3 is 9.47 Å². The molecule has 2 nitrogen and oxygen atoms in total. The Morgan fingerprint density at radius 3 is 1.62 bits per heavy atom. The molecule has 0 radical (unpaired) electrons. The van der Waals surface area contributed by atoms with Crippen molar-refractivity contribution in [2.24, 2.45) is 0 Å². The largest absolute Gasteiger partial charge is 0.457 e. The third-order valence-electron chi connectivity index (χ3n) is 4.14. The standard InChI is InChI=1S/C25H19IO2S/c1-18-4-2-6-22(16-18)27-20-8-12-24(13-9-20)29-25-14-10-21(11-15-25)28-23-7-3-5-19(26)17-23/h2-17H,1H3. The summed E-state index contributed by atoms with van der Waals surface area (Å²) in [5.41, 5.74) is 1.18. The molecule has 0 N–H and O–H groups in total. The van der Waals surface area contributed by atoms with Gasteiger partial charge in [0.1, 0.15) is 23.0 Å². The van der Waals surface area contributed by atoms with Gasteiger partial charge >= 0.3 is 0 Å². The van der Waals surface area contributed by atoms with E-state index in [1.807, 2.05) is 66.7 Å². The molecule has 0 fully saturated rings. The molecule has 144 valence electrons. The maximum atomic E-state index is 5.92. The molecule has 0 saturated heterocycles. The Hall–Kier alpha value is -2.44. The molecule has 0 unspecified atom stereocenters. The highest BCUT2D eigenvalue weighted by Crippen LogP contribution is 2.32. The molecule has 0 aromatic heterocycles. The van der Waals surface area contributed by atoms with Crippen molar-refractivity contribution in [1.82, 2.24) is 0 Å². The molecule has 0 bridgehead atoms. The van der Waals surface area contributed by atoms with Crippen LogP contribution in [0.1, 0.15) is 5.56 Å². The van der Waals surface area contributed by atoms with Crippen molar-refractivity contribution >= 4 is 34.4 Å². The van der Waals surface area contributed by atoms with Crippen molar-refractivity contribution in [3.63, 3.8) is 0 Å². The van der Waals surface area contributed by atoms with Crippen molar-refractivity contribution < 1.29 is 9.47 Å². The summed E-state index contributed by atoms with van der Waals surface area (Å²) in [6.45, 7) is 2.06. The molecule has 4 rings (SSSR count). The van der Waals surface area contributed by atoms with Gasteiger partial charge in [0.2, 0.25) is 0 Å². The van der Waals surface area contributed by atoms with E-state index in [4.69, 9.17) is 9.47 Å². The number of ether oxygens (including phenoxy) is 2. The van der Waals surface area contributed by atoms with Crippen molar-refractivity contribution in [1.29, 1.82) is 0 Å². The average molecular weight is 510 g/mol. The molecular formula is C25H19IO2S. The number of benzene rings is 4. The quantitative estimate of drug-likeness (QED) is 0.243. The number of aryl methyl sites for hydroxylation is 1. The predicted molar refractivity (Wildman–Crippen MR) is 127 cm³/mol. The Kier molecular flexibility index (Phi) is 6.42. The van der Waals surface area contributed by atoms with Gasteiger partial charge in [0, 0.05) is 13.4 Å². The second kappa shape index (κ2) is 9.37. The van der Waals surface area contributed by atoms with E-state index < -0.39 is 0 Å². The Bertz CT molecular complexity index is 1000. The Labute approximate surface area is 189 Å². The second-order valence-corrected chi connectivity index (χ2v) is 8.92. The van der Waals surface area contributed by atoms with E-state index in [-0.39, 0.29) is 0 Å². The average Bonchev–Trinajstić information content (AvgIpc) is 2.71. The first-order valence-electron chi connectivity index (χ1n) is 9.20. The van der Waals surface area contributed by atoms with Crippen LogP contribution in [0.25, 0.3) is 0 Å². The molecule has 0 aliphatic rings. The molecule has 0 amide bonds. The van der Waals surface area contributed by atoms with E-state index in [1.165, 1.54) is 5.56 Å². The molecule has 0 aliphatic carbocycles.